The molecule has 5 heteroatoms. The first kappa shape index (κ1) is 14.5. The summed E-state index contributed by atoms with van der Waals surface area (Å²) >= 11 is 3.39. The van der Waals surface area contributed by atoms with E-state index in [1.807, 2.05) is 24.3 Å². The molecule has 0 N–H and O–H groups in total. The molecule has 2 aromatic carbocycles. The number of ether oxygens (including phenoxy) is 1. The zero-order valence-electron chi connectivity index (χ0n) is 11.6. The third-order valence-corrected chi connectivity index (χ3v) is 3.64. The Bertz CT molecular complexity index is 927. The van der Waals surface area contributed by atoms with Crippen LogP contribution in [0.4, 0.5) is 0 Å². The minimum atomic E-state index is -0.424. The van der Waals surface area contributed by atoms with Crippen LogP contribution in [-0.4, -0.2) is 5.97 Å². The molecule has 0 aliphatic heterocycles. The molecule has 0 spiro atoms. The van der Waals surface area contributed by atoms with Gasteiger partial charge in [-0.25, -0.2) is 0 Å². The molecule has 3 rings (SSSR count). The van der Waals surface area contributed by atoms with Gasteiger partial charge in [0.25, 0.3) is 0 Å². The van der Waals surface area contributed by atoms with Crippen molar-refractivity contribution in [3.05, 3.63) is 63.4 Å². The van der Waals surface area contributed by atoms with Crippen LogP contribution in [0.25, 0.3) is 22.1 Å². The summed E-state index contributed by atoms with van der Waals surface area (Å²) in [6, 6.07) is 12.1. The minimum Gasteiger partial charge on any atom is -0.463 e. The summed E-state index contributed by atoms with van der Waals surface area (Å²) in [4.78, 5) is 23.6. The number of benzene rings is 2. The summed E-state index contributed by atoms with van der Waals surface area (Å²) in [5.41, 5.74) is 1.50. The van der Waals surface area contributed by atoms with E-state index in [-0.39, 0.29) is 5.43 Å². The molecule has 0 amide bonds. The smallest absolute Gasteiger partial charge is 0.308 e. The molecule has 0 saturated carbocycles. The molecule has 0 radical (unpaired) electrons. The molecular formula is C17H11BrO4. The van der Waals surface area contributed by atoms with E-state index in [1.54, 1.807) is 12.1 Å². The molecule has 0 aliphatic rings. The average molecular weight is 359 g/mol. The molecule has 0 bridgehead atoms. The van der Waals surface area contributed by atoms with E-state index in [9.17, 15) is 9.59 Å². The van der Waals surface area contributed by atoms with Crippen molar-refractivity contribution >= 4 is 32.9 Å². The zero-order valence-corrected chi connectivity index (χ0v) is 13.2. The normalized spacial score (nSPS) is 10.6. The molecule has 1 heterocycles. The standard InChI is InChI=1S/C17H11BrO4/c1-10(19)22-13-5-6-14-16(8-13)21-9-15(17(14)20)11-3-2-4-12(18)7-11/h2-9H,1H3. The van der Waals surface area contributed by atoms with E-state index in [0.717, 1.165) is 10.0 Å². The van der Waals surface area contributed by atoms with E-state index in [4.69, 9.17) is 9.15 Å². The Morgan fingerprint density at radius 3 is 2.73 bits per heavy atom. The summed E-state index contributed by atoms with van der Waals surface area (Å²) < 4.78 is 11.4. The fourth-order valence-electron chi connectivity index (χ4n) is 2.19. The molecule has 4 nitrogen and oxygen atoms in total. The lowest BCUT2D eigenvalue weighted by Gasteiger charge is -2.05. The van der Waals surface area contributed by atoms with Crippen LogP contribution >= 0.6 is 15.9 Å². The van der Waals surface area contributed by atoms with E-state index in [2.05, 4.69) is 15.9 Å². The predicted octanol–water partition coefficient (Wildman–Crippen LogP) is 4.15. The quantitative estimate of drug-likeness (QED) is 0.510. The predicted molar refractivity (Wildman–Crippen MR) is 86.9 cm³/mol. The Morgan fingerprint density at radius 2 is 2.00 bits per heavy atom. The van der Waals surface area contributed by atoms with Gasteiger partial charge >= 0.3 is 5.97 Å². The molecular weight excluding hydrogens is 348 g/mol. The maximum atomic E-state index is 12.6. The topological polar surface area (TPSA) is 56.5 Å². The SMILES string of the molecule is CC(=O)Oc1ccc2c(=O)c(-c3cccc(Br)c3)coc2c1. The van der Waals surface area contributed by atoms with Crippen LogP contribution < -0.4 is 10.2 Å². The van der Waals surface area contributed by atoms with Crippen molar-refractivity contribution < 1.29 is 13.9 Å². The van der Waals surface area contributed by atoms with Gasteiger partial charge in [-0.15, -0.1) is 0 Å². The first-order valence-corrected chi connectivity index (χ1v) is 7.34. The molecule has 0 aliphatic carbocycles. The van der Waals surface area contributed by atoms with Crippen LogP contribution in [-0.2, 0) is 4.79 Å². The number of rotatable bonds is 2. The maximum absolute atomic E-state index is 12.6. The molecule has 22 heavy (non-hydrogen) atoms. The van der Waals surface area contributed by atoms with E-state index in [0.29, 0.717) is 22.3 Å². The Balaban J connectivity index is 2.14. The van der Waals surface area contributed by atoms with Gasteiger partial charge < -0.3 is 9.15 Å². The van der Waals surface area contributed by atoms with Gasteiger partial charge in [0.15, 0.2) is 5.43 Å². The van der Waals surface area contributed by atoms with Crippen molar-refractivity contribution in [2.75, 3.05) is 0 Å². The number of fused-ring (bicyclic) bond motifs is 1. The minimum absolute atomic E-state index is 0.131. The average Bonchev–Trinajstić information content (AvgIpc) is 2.47. The molecule has 1 aromatic heterocycles. The van der Waals surface area contributed by atoms with Crippen molar-refractivity contribution in [2.24, 2.45) is 0 Å². The van der Waals surface area contributed by atoms with Crippen molar-refractivity contribution in [1.82, 2.24) is 0 Å². The third kappa shape index (κ3) is 2.80. The van der Waals surface area contributed by atoms with Crippen LogP contribution in [0.2, 0.25) is 0 Å². The summed E-state index contributed by atoms with van der Waals surface area (Å²) in [5, 5.41) is 0.438. The van der Waals surface area contributed by atoms with E-state index < -0.39 is 5.97 Å². The Kier molecular flexibility index (Phi) is 3.81. The van der Waals surface area contributed by atoms with Crippen molar-refractivity contribution in [3.63, 3.8) is 0 Å². The molecule has 110 valence electrons. The van der Waals surface area contributed by atoms with Crippen molar-refractivity contribution in [3.8, 4) is 16.9 Å². The van der Waals surface area contributed by atoms with Gasteiger partial charge in [-0.1, -0.05) is 28.1 Å². The van der Waals surface area contributed by atoms with Crippen LogP contribution in [0.1, 0.15) is 6.92 Å². The van der Waals surface area contributed by atoms with Gasteiger partial charge in [0.2, 0.25) is 0 Å². The zero-order chi connectivity index (χ0) is 15.7. The summed E-state index contributed by atoms with van der Waals surface area (Å²) in [6.07, 6.45) is 1.42. The maximum Gasteiger partial charge on any atom is 0.308 e. The Morgan fingerprint density at radius 1 is 1.18 bits per heavy atom. The van der Waals surface area contributed by atoms with Gasteiger partial charge in [-0.05, 0) is 29.8 Å². The number of esters is 1. The number of halogens is 1. The fourth-order valence-corrected chi connectivity index (χ4v) is 2.59. The van der Waals surface area contributed by atoms with Crippen LogP contribution in [0, 0.1) is 0 Å². The Hall–Kier alpha value is -2.40. The molecule has 3 aromatic rings. The van der Waals surface area contributed by atoms with Crippen LogP contribution in [0.15, 0.2) is 62.4 Å². The highest BCUT2D eigenvalue weighted by Crippen LogP contribution is 2.24. The van der Waals surface area contributed by atoms with Gasteiger partial charge in [-0.2, -0.15) is 0 Å². The number of hydrogen-bond acceptors (Lipinski definition) is 4. The first-order chi connectivity index (χ1) is 10.5. The molecule has 0 saturated heterocycles. The van der Waals surface area contributed by atoms with Crippen molar-refractivity contribution in [1.29, 1.82) is 0 Å². The second-order valence-electron chi connectivity index (χ2n) is 4.74. The molecule has 0 atom stereocenters. The lowest BCUT2D eigenvalue weighted by atomic mass is 10.1. The number of hydrogen-bond donors (Lipinski definition) is 0. The molecule has 0 unspecified atom stereocenters. The summed E-state index contributed by atoms with van der Waals surface area (Å²) in [7, 11) is 0. The van der Waals surface area contributed by atoms with Crippen molar-refractivity contribution in [2.45, 2.75) is 6.92 Å². The largest absolute Gasteiger partial charge is 0.463 e. The lowest BCUT2D eigenvalue weighted by Crippen LogP contribution is -2.06. The highest BCUT2D eigenvalue weighted by atomic mass is 79.9. The van der Waals surface area contributed by atoms with Gasteiger partial charge in [-0.3, -0.25) is 9.59 Å². The third-order valence-electron chi connectivity index (χ3n) is 3.14. The van der Waals surface area contributed by atoms with Gasteiger partial charge in [0.05, 0.1) is 10.9 Å². The first-order valence-electron chi connectivity index (χ1n) is 6.54. The number of carbonyl (C=O) groups is 1. The molecule has 0 fully saturated rings. The second-order valence-corrected chi connectivity index (χ2v) is 5.66. The summed E-state index contributed by atoms with van der Waals surface area (Å²) in [6.45, 7) is 1.32. The van der Waals surface area contributed by atoms with Crippen LogP contribution in [0.3, 0.4) is 0 Å². The van der Waals surface area contributed by atoms with E-state index in [1.165, 1.54) is 19.3 Å². The monoisotopic (exact) mass is 358 g/mol. The van der Waals surface area contributed by atoms with E-state index >= 15 is 0 Å². The highest BCUT2D eigenvalue weighted by Gasteiger charge is 2.10. The number of carbonyl (C=O) groups excluding carboxylic acids is 1. The second kappa shape index (κ2) is 5.77. The fraction of sp³-hybridized carbons (Fsp3) is 0.0588. The van der Waals surface area contributed by atoms with Gasteiger partial charge in [0.1, 0.15) is 17.6 Å². The summed E-state index contributed by atoms with van der Waals surface area (Å²) in [5.74, 6) is -0.0780. The lowest BCUT2D eigenvalue weighted by molar-refractivity contribution is -0.131. The highest BCUT2D eigenvalue weighted by molar-refractivity contribution is 9.10. The van der Waals surface area contributed by atoms with Gasteiger partial charge in [0, 0.05) is 17.5 Å². The van der Waals surface area contributed by atoms with Crippen LogP contribution in [0.5, 0.6) is 5.75 Å². The Labute approximate surface area is 134 Å².